The Balaban J connectivity index is 1.64. The number of hydrogen-bond donors (Lipinski definition) is 1. The number of morpholine rings is 1. The lowest BCUT2D eigenvalue weighted by Crippen LogP contribution is -2.36. The van der Waals surface area contributed by atoms with Crippen molar-refractivity contribution < 1.29 is 14.3 Å². The van der Waals surface area contributed by atoms with Crippen LogP contribution in [-0.4, -0.2) is 32.4 Å². The molecule has 2 aromatic rings. The molecule has 5 heteroatoms. The van der Waals surface area contributed by atoms with Crippen LogP contribution in [0.25, 0.3) is 0 Å². The first-order chi connectivity index (χ1) is 12.1. The number of nitrogens with zero attached hydrogens (tertiary/aromatic N) is 1. The predicted octanol–water partition coefficient (Wildman–Crippen LogP) is 3.89. The summed E-state index contributed by atoms with van der Waals surface area (Å²) in [6.07, 6.45) is -0.436. The molecule has 0 atom stereocenters. The third-order valence-electron chi connectivity index (χ3n) is 4.33. The molecule has 0 aromatic heterocycles. The molecule has 0 aliphatic carbocycles. The van der Waals surface area contributed by atoms with Crippen LogP contribution in [0.3, 0.4) is 0 Å². The molecule has 5 nitrogen and oxygen atoms in total. The van der Waals surface area contributed by atoms with Gasteiger partial charge in [0.05, 0.1) is 13.2 Å². The Morgan fingerprint density at radius 1 is 1.12 bits per heavy atom. The molecule has 1 fully saturated rings. The topological polar surface area (TPSA) is 50.8 Å². The van der Waals surface area contributed by atoms with E-state index in [2.05, 4.69) is 22.3 Å². The molecule has 1 heterocycles. The van der Waals surface area contributed by atoms with Gasteiger partial charge in [0.1, 0.15) is 6.61 Å². The minimum atomic E-state index is -0.436. The van der Waals surface area contributed by atoms with Crippen molar-refractivity contribution in [3.8, 4) is 0 Å². The second-order valence-corrected chi connectivity index (χ2v) is 6.24. The molecule has 0 saturated carbocycles. The fraction of sp³-hybridized carbons (Fsp3) is 0.350. The summed E-state index contributed by atoms with van der Waals surface area (Å²) in [7, 11) is 0. The van der Waals surface area contributed by atoms with Gasteiger partial charge in [0, 0.05) is 24.5 Å². The van der Waals surface area contributed by atoms with Crippen molar-refractivity contribution >= 4 is 17.5 Å². The van der Waals surface area contributed by atoms with E-state index >= 15 is 0 Å². The highest BCUT2D eigenvalue weighted by Crippen LogP contribution is 2.28. The Kier molecular flexibility index (Phi) is 5.56. The Hall–Kier alpha value is -2.53. The monoisotopic (exact) mass is 340 g/mol. The van der Waals surface area contributed by atoms with E-state index in [-0.39, 0.29) is 6.61 Å². The van der Waals surface area contributed by atoms with Crippen molar-refractivity contribution in [3.63, 3.8) is 0 Å². The number of hydrogen-bond acceptors (Lipinski definition) is 4. The highest BCUT2D eigenvalue weighted by atomic mass is 16.5. The van der Waals surface area contributed by atoms with E-state index in [4.69, 9.17) is 9.47 Å². The SMILES string of the molecule is Cc1cc(N2CCOCC2)cc(C)c1NC(=O)OCc1ccccc1. The molecule has 0 bridgehead atoms. The predicted molar refractivity (Wildman–Crippen MR) is 99.2 cm³/mol. The summed E-state index contributed by atoms with van der Waals surface area (Å²) >= 11 is 0. The van der Waals surface area contributed by atoms with Crippen molar-refractivity contribution in [2.45, 2.75) is 20.5 Å². The summed E-state index contributed by atoms with van der Waals surface area (Å²) in [5.41, 5.74) is 5.00. The molecular formula is C20H24N2O3. The van der Waals surface area contributed by atoms with Gasteiger partial charge in [0.2, 0.25) is 0 Å². The van der Waals surface area contributed by atoms with Crippen molar-refractivity contribution in [3.05, 3.63) is 59.2 Å². The van der Waals surface area contributed by atoms with Crippen LogP contribution in [0.5, 0.6) is 0 Å². The molecule has 2 aromatic carbocycles. The minimum Gasteiger partial charge on any atom is -0.444 e. The summed E-state index contributed by atoms with van der Waals surface area (Å²) in [6.45, 7) is 7.56. The van der Waals surface area contributed by atoms with Gasteiger partial charge >= 0.3 is 6.09 Å². The van der Waals surface area contributed by atoms with Crippen LogP contribution in [0.15, 0.2) is 42.5 Å². The van der Waals surface area contributed by atoms with Gasteiger partial charge in [0.25, 0.3) is 0 Å². The number of amides is 1. The van der Waals surface area contributed by atoms with Gasteiger partial charge in [-0.3, -0.25) is 5.32 Å². The highest BCUT2D eigenvalue weighted by molar-refractivity contribution is 5.87. The second-order valence-electron chi connectivity index (χ2n) is 6.24. The molecule has 1 saturated heterocycles. The molecule has 1 aliphatic heterocycles. The van der Waals surface area contributed by atoms with Crippen LogP contribution in [-0.2, 0) is 16.1 Å². The van der Waals surface area contributed by atoms with Crippen molar-refractivity contribution in [2.24, 2.45) is 0 Å². The van der Waals surface area contributed by atoms with Crippen LogP contribution in [0.1, 0.15) is 16.7 Å². The zero-order valence-electron chi connectivity index (χ0n) is 14.7. The van der Waals surface area contributed by atoms with Gasteiger partial charge in [0.15, 0.2) is 0 Å². The van der Waals surface area contributed by atoms with Gasteiger partial charge < -0.3 is 14.4 Å². The molecule has 1 aliphatic rings. The summed E-state index contributed by atoms with van der Waals surface area (Å²) in [5, 5.41) is 2.87. The molecule has 1 N–H and O–H groups in total. The zero-order valence-corrected chi connectivity index (χ0v) is 14.7. The average Bonchev–Trinajstić information content (AvgIpc) is 2.64. The zero-order chi connectivity index (χ0) is 17.6. The van der Waals surface area contributed by atoms with Gasteiger partial charge in [-0.05, 0) is 42.7 Å². The number of ether oxygens (including phenoxy) is 2. The average molecular weight is 340 g/mol. The molecule has 0 unspecified atom stereocenters. The number of anilines is 2. The first-order valence-corrected chi connectivity index (χ1v) is 8.55. The lowest BCUT2D eigenvalue weighted by Gasteiger charge is -2.30. The first kappa shape index (κ1) is 17.3. The lowest BCUT2D eigenvalue weighted by atomic mass is 10.1. The van der Waals surface area contributed by atoms with E-state index in [1.54, 1.807) is 0 Å². The Bertz CT molecular complexity index is 702. The normalized spacial score (nSPS) is 14.2. The number of benzene rings is 2. The first-order valence-electron chi connectivity index (χ1n) is 8.55. The van der Waals surface area contributed by atoms with E-state index in [0.717, 1.165) is 48.7 Å². The van der Waals surface area contributed by atoms with E-state index in [9.17, 15) is 4.79 Å². The summed E-state index contributed by atoms with van der Waals surface area (Å²) < 4.78 is 10.7. The summed E-state index contributed by atoms with van der Waals surface area (Å²) in [5.74, 6) is 0. The maximum absolute atomic E-state index is 12.1. The van der Waals surface area contributed by atoms with Gasteiger partial charge in [-0.15, -0.1) is 0 Å². The van der Waals surface area contributed by atoms with Crippen molar-refractivity contribution in [1.82, 2.24) is 0 Å². The molecule has 0 radical (unpaired) electrons. The van der Waals surface area contributed by atoms with Crippen molar-refractivity contribution in [2.75, 3.05) is 36.5 Å². The Labute approximate surface area is 148 Å². The van der Waals surface area contributed by atoms with Crippen LogP contribution < -0.4 is 10.2 Å². The summed E-state index contributed by atoms with van der Waals surface area (Å²) in [6, 6.07) is 13.9. The molecule has 3 rings (SSSR count). The maximum atomic E-state index is 12.1. The number of aryl methyl sites for hydroxylation is 2. The molecular weight excluding hydrogens is 316 g/mol. The highest BCUT2D eigenvalue weighted by Gasteiger charge is 2.15. The molecule has 132 valence electrons. The number of carbonyl (C=O) groups excluding carboxylic acids is 1. The Morgan fingerprint density at radius 2 is 1.76 bits per heavy atom. The molecule has 1 amide bonds. The van der Waals surface area contributed by atoms with Crippen LogP contribution in [0, 0.1) is 13.8 Å². The summed E-state index contributed by atoms with van der Waals surface area (Å²) in [4.78, 5) is 14.4. The second kappa shape index (κ2) is 8.03. The number of nitrogens with one attached hydrogen (secondary N) is 1. The molecule has 25 heavy (non-hydrogen) atoms. The van der Waals surface area contributed by atoms with E-state index < -0.39 is 6.09 Å². The number of carbonyl (C=O) groups is 1. The smallest absolute Gasteiger partial charge is 0.411 e. The third kappa shape index (κ3) is 4.51. The molecule has 0 spiro atoms. The van der Waals surface area contributed by atoms with Gasteiger partial charge in [-0.2, -0.15) is 0 Å². The maximum Gasteiger partial charge on any atom is 0.411 e. The van der Waals surface area contributed by atoms with Crippen LogP contribution in [0.2, 0.25) is 0 Å². The van der Waals surface area contributed by atoms with Gasteiger partial charge in [-0.25, -0.2) is 4.79 Å². The fourth-order valence-corrected chi connectivity index (χ4v) is 3.00. The van der Waals surface area contributed by atoms with Crippen molar-refractivity contribution in [1.29, 1.82) is 0 Å². The standard InChI is InChI=1S/C20H24N2O3/c1-15-12-18(22-8-10-24-11-9-22)13-16(2)19(15)21-20(23)25-14-17-6-4-3-5-7-17/h3-7,12-13H,8-11,14H2,1-2H3,(H,21,23). The van der Waals surface area contributed by atoms with Crippen LogP contribution >= 0.6 is 0 Å². The lowest BCUT2D eigenvalue weighted by molar-refractivity contribution is 0.122. The van der Waals surface area contributed by atoms with Gasteiger partial charge in [-0.1, -0.05) is 30.3 Å². The minimum absolute atomic E-state index is 0.261. The van der Waals surface area contributed by atoms with E-state index in [0.29, 0.717) is 0 Å². The van der Waals surface area contributed by atoms with E-state index in [1.807, 2.05) is 44.2 Å². The Morgan fingerprint density at radius 3 is 2.40 bits per heavy atom. The fourth-order valence-electron chi connectivity index (χ4n) is 3.00. The number of rotatable bonds is 4. The van der Waals surface area contributed by atoms with E-state index in [1.165, 1.54) is 5.69 Å². The van der Waals surface area contributed by atoms with Crippen LogP contribution in [0.4, 0.5) is 16.2 Å². The third-order valence-corrected chi connectivity index (χ3v) is 4.33. The largest absolute Gasteiger partial charge is 0.444 e. The quantitative estimate of drug-likeness (QED) is 0.917.